The van der Waals surface area contributed by atoms with Crippen LogP contribution in [0, 0.1) is 6.92 Å². The second kappa shape index (κ2) is 7.12. The third-order valence-electron chi connectivity index (χ3n) is 5.46. The monoisotopic (exact) mass is 379 g/mol. The Balaban J connectivity index is 1.69. The Kier molecular flexibility index (Phi) is 4.77. The molecule has 0 radical (unpaired) electrons. The highest BCUT2D eigenvalue weighted by Crippen LogP contribution is 2.36. The maximum absolute atomic E-state index is 10.9. The van der Waals surface area contributed by atoms with Gasteiger partial charge in [-0.2, -0.15) is 0 Å². The van der Waals surface area contributed by atoms with Gasteiger partial charge in [-0.25, -0.2) is 0 Å². The lowest BCUT2D eigenvalue weighted by Gasteiger charge is -2.22. The molecule has 28 heavy (non-hydrogen) atoms. The van der Waals surface area contributed by atoms with Gasteiger partial charge in [0.25, 0.3) is 0 Å². The van der Waals surface area contributed by atoms with Gasteiger partial charge in [-0.05, 0) is 61.8 Å². The average Bonchev–Trinajstić information content (AvgIpc) is 3.06. The molecule has 1 heterocycles. The minimum absolute atomic E-state index is 0.168. The third kappa shape index (κ3) is 3.71. The number of nitrogens with zero attached hydrogens (tertiary/aromatic N) is 3. The average molecular weight is 380 g/mol. The van der Waals surface area contributed by atoms with Crippen LogP contribution in [0.15, 0.2) is 30.3 Å². The second-order valence-electron chi connectivity index (χ2n) is 8.95. The van der Waals surface area contributed by atoms with E-state index in [1.54, 1.807) is 0 Å². The molecule has 3 aromatic rings. The van der Waals surface area contributed by atoms with Crippen LogP contribution < -0.4 is 4.74 Å². The predicted molar refractivity (Wildman–Crippen MR) is 111 cm³/mol. The summed E-state index contributed by atoms with van der Waals surface area (Å²) in [5.41, 5.74) is 3.96. The molecule has 1 aromatic heterocycles. The van der Waals surface area contributed by atoms with Crippen molar-refractivity contribution in [1.82, 2.24) is 15.0 Å². The molecule has 1 N–H and O–H groups in total. The number of aromatic nitrogens is 3. The number of benzene rings is 2. The maximum atomic E-state index is 10.9. The summed E-state index contributed by atoms with van der Waals surface area (Å²) >= 11 is 0. The van der Waals surface area contributed by atoms with Crippen LogP contribution in [-0.4, -0.2) is 26.2 Å². The van der Waals surface area contributed by atoms with Crippen LogP contribution >= 0.6 is 0 Å². The molecule has 5 heteroatoms. The molecule has 0 spiro atoms. The number of aromatic hydroxyl groups is 1. The summed E-state index contributed by atoms with van der Waals surface area (Å²) in [4.78, 5) is 1.53. The molecular weight excluding hydrogens is 350 g/mol. The van der Waals surface area contributed by atoms with Crippen LogP contribution in [0.4, 0.5) is 0 Å². The lowest BCUT2D eigenvalue weighted by Crippen LogP contribution is -2.19. The molecule has 0 saturated heterocycles. The van der Waals surface area contributed by atoms with E-state index in [0.29, 0.717) is 11.8 Å². The fraction of sp³-hybridized carbons (Fsp3) is 0.478. The van der Waals surface area contributed by atoms with Crippen molar-refractivity contribution in [3.05, 3.63) is 41.5 Å². The number of phenolic OH excluding ortho intramolecular Hbond substituents is 1. The highest BCUT2D eigenvalue weighted by atomic mass is 16.5. The van der Waals surface area contributed by atoms with Crippen molar-refractivity contribution >= 4 is 11.0 Å². The highest BCUT2D eigenvalue weighted by Gasteiger charge is 2.22. The minimum atomic E-state index is -0.168. The van der Waals surface area contributed by atoms with Crippen molar-refractivity contribution in [3.8, 4) is 17.2 Å². The SMILES string of the molecule is Cc1cc(-n2nc3ccc(OC4CCCCC4)cc3n2)c(O)c(C(C)(C)C)c1. The molecule has 148 valence electrons. The first-order valence-electron chi connectivity index (χ1n) is 10.2. The van der Waals surface area contributed by atoms with Gasteiger partial charge in [-0.1, -0.05) is 33.3 Å². The van der Waals surface area contributed by atoms with E-state index in [1.807, 2.05) is 37.3 Å². The Morgan fingerprint density at radius 3 is 2.43 bits per heavy atom. The van der Waals surface area contributed by atoms with E-state index in [-0.39, 0.29) is 11.2 Å². The Bertz CT molecular complexity index is 995. The number of hydrogen-bond donors (Lipinski definition) is 1. The van der Waals surface area contributed by atoms with Crippen LogP contribution in [0.1, 0.15) is 64.0 Å². The molecule has 4 rings (SSSR count). The van der Waals surface area contributed by atoms with E-state index in [1.165, 1.54) is 24.1 Å². The number of rotatable bonds is 3. The Labute approximate surface area is 166 Å². The van der Waals surface area contributed by atoms with Gasteiger partial charge >= 0.3 is 0 Å². The highest BCUT2D eigenvalue weighted by molar-refractivity contribution is 5.76. The van der Waals surface area contributed by atoms with Crippen molar-refractivity contribution in [2.75, 3.05) is 0 Å². The minimum Gasteiger partial charge on any atom is -0.505 e. The molecule has 0 aliphatic heterocycles. The topological polar surface area (TPSA) is 60.2 Å². The standard InChI is InChI=1S/C23H29N3O2/c1-15-12-18(23(2,3)4)22(27)21(13-15)26-24-19-11-10-17(14-20(19)25-26)28-16-8-6-5-7-9-16/h10-14,16,27H,5-9H2,1-4H3. The summed E-state index contributed by atoms with van der Waals surface area (Å²) in [7, 11) is 0. The van der Waals surface area contributed by atoms with Crippen LogP contribution in [0.25, 0.3) is 16.7 Å². The van der Waals surface area contributed by atoms with Crippen LogP contribution in [0.3, 0.4) is 0 Å². The lowest BCUT2D eigenvalue weighted by molar-refractivity contribution is 0.155. The van der Waals surface area contributed by atoms with Gasteiger partial charge < -0.3 is 9.84 Å². The van der Waals surface area contributed by atoms with E-state index in [2.05, 4.69) is 31.0 Å². The molecule has 1 fully saturated rings. The van der Waals surface area contributed by atoms with Gasteiger partial charge in [0.2, 0.25) is 0 Å². The predicted octanol–water partition coefficient (Wildman–Crippen LogP) is 5.44. The number of hydrogen-bond acceptors (Lipinski definition) is 4. The fourth-order valence-electron chi connectivity index (χ4n) is 3.93. The summed E-state index contributed by atoms with van der Waals surface area (Å²) < 4.78 is 6.16. The second-order valence-corrected chi connectivity index (χ2v) is 8.95. The zero-order valence-electron chi connectivity index (χ0n) is 17.2. The first-order valence-corrected chi connectivity index (χ1v) is 10.2. The van der Waals surface area contributed by atoms with Crippen molar-refractivity contribution in [2.24, 2.45) is 0 Å². The van der Waals surface area contributed by atoms with Gasteiger partial charge in [0.05, 0.1) is 6.10 Å². The largest absolute Gasteiger partial charge is 0.505 e. The van der Waals surface area contributed by atoms with Gasteiger partial charge in [0, 0.05) is 11.6 Å². The van der Waals surface area contributed by atoms with Gasteiger partial charge in [-0.15, -0.1) is 15.0 Å². The molecule has 5 nitrogen and oxygen atoms in total. The quantitative estimate of drug-likeness (QED) is 0.658. The van der Waals surface area contributed by atoms with Crippen LogP contribution in [-0.2, 0) is 5.41 Å². The van der Waals surface area contributed by atoms with Gasteiger partial charge in [0.15, 0.2) is 0 Å². The molecule has 0 bridgehead atoms. The third-order valence-corrected chi connectivity index (χ3v) is 5.46. The molecule has 1 saturated carbocycles. The number of phenols is 1. The molecule has 0 atom stereocenters. The fourth-order valence-corrected chi connectivity index (χ4v) is 3.93. The molecule has 1 aliphatic rings. The summed E-state index contributed by atoms with van der Waals surface area (Å²) in [6.07, 6.45) is 6.34. The zero-order chi connectivity index (χ0) is 19.9. The van der Waals surface area contributed by atoms with Crippen LogP contribution in [0.2, 0.25) is 0 Å². The maximum Gasteiger partial charge on any atom is 0.146 e. The first-order chi connectivity index (χ1) is 13.3. The number of aryl methyl sites for hydroxylation is 1. The lowest BCUT2D eigenvalue weighted by atomic mass is 9.85. The van der Waals surface area contributed by atoms with E-state index in [9.17, 15) is 5.11 Å². The van der Waals surface area contributed by atoms with Gasteiger partial charge in [0.1, 0.15) is 28.2 Å². The van der Waals surface area contributed by atoms with E-state index in [4.69, 9.17) is 4.74 Å². The van der Waals surface area contributed by atoms with Crippen molar-refractivity contribution in [2.45, 2.75) is 71.3 Å². The molecule has 1 aliphatic carbocycles. The normalized spacial score (nSPS) is 15.9. The van der Waals surface area contributed by atoms with Crippen molar-refractivity contribution < 1.29 is 9.84 Å². The van der Waals surface area contributed by atoms with E-state index in [0.717, 1.165) is 40.8 Å². The van der Waals surface area contributed by atoms with Crippen molar-refractivity contribution in [3.63, 3.8) is 0 Å². The number of fused-ring (bicyclic) bond motifs is 1. The molecule has 2 aromatic carbocycles. The molecule has 0 amide bonds. The van der Waals surface area contributed by atoms with E-state index < -0.39 is 0 Å². The molecule has 0 unspecified atom stereocenters. The summed E-state index contributed by atoms with van der Waals surface area (Å²) in [6.45, 7) is 8.30. The summed E-state index contributed by atoms with van der Waals surface area (Å²) in [5, 5.41) is 20.1. The Hall–Kier alpha value is -2.56. The Morgan fingerprint density at radius 2 is 1.71 bits per heavy atom. The summed E-state index contributed by atoms with van der Waals surface area (Å²) in [6, 6.07) is 9.80. The first kappa shape index (κ1) is 18.8. The zero-order valence-corrected chi connectivity index (χ0v) is 17.2. The summed E-state index contributed by atoms with van der Waals surface area (Å²) in [5.74, 6) is 1.08. The molecular formula is C23H29N3O2. The van der Waals surface area contributed by atoms with Crippen LogP contribution in [0.5, 0.6) is 11.5 Å². The number of ether oxygens (including phenoxy) is 1. The van der Waals surface area contributed by atoms with Crippen molar-refractivity contribution in [1.29, 1.82) is 0 Å². The smallest absolute Gasteiger partial charge is 0.146 e. The Morgan fingerprint density at radius 1 is 1.00 bits per heavy atom. The van der Waals surface area contributed by atoms with Gasteiger partial charge in [-0.3, -0.25) is 0 Å². The van der Waals surface area contributed by atoms with E-state index >= 15 is 0 Å².